The van der Waals surface area contributed by atoms with Crippen LogP contribution >= 0.6 is 11.3 Å². The van der Waals surface area contributed by atoms with Crippen LogP contribution in [0.3, 0.4) is 0 Å². The quantitative estimate of drug-likeness (QED) is 0.663. The predicted octanol–water partition coefficient (Wildman–Crippen LogP) is 1.71. The first-order valence-electron chi connectivity index (χ1n) is 6.83. The molecule has 4 rings (SSSR count). The number of rotatable bonds is 0. The van der Waals surface area contributed by atoms with Crippen molar-refractivity contribution in [2.45, 2.75) is 45.1 Å². The minimum atomic E-state index is 0.273. The first kappa shape index (κ1) is 10.7. The van der Waals surface area contributed by atoms with Crippen LogP contribution in [-0.4, -0.2) is 4.57 Å². The molecule has 0 amide bonds. The third-order valence-electron chi connectivity index (χ3n) is 4.40. The van der Waals surface area contributed by atoms with E-state index in [-0.39, 0.29) is 5.56 Å². The van der Waals surface area contributed by atoms with Crippen molar-refractivity contribution >= 4 is 21.6 Å². The van der Waals surface area contributed by atoms with Crippen molar-refractivity contribution in [1.82, 2.24) is 4.57 Å². The Morgan fingerprint density at radius 2 is 2.00 bits per heavy atom. The van der Waals surface area contributed by atoms with Crippen LogP contribution in [0.2, 0.25) is 0 Å². The first-order chi connectivity index (χ1) is 8.77. The van der Waals surface area contributed by atoms with E-state index in [0.717, 1.165) is 31.2 Å². The maximum Gasteiger partial charge on any atom is 0.346 e. The Hall–Kier alpha value is -1.16. The lowest BCUT2D eigenvalue weighted by Crippen LogP contribution is -2.40. The van der Waals surface area contributed by atoms with E-state index in [2.05, 4.69) is 11.6 Å². The van der Waals surface area contributed by atoms with E-state index in [9.17, 15) is 4.79 Å². The summed E-state index contributed by atoms with van der Waals surface area (Å²) in [5, 5.41) is 1.03. The van der Waals surface area contributed by atoms with Crippen LogP contribution < -0.4 is 10.1 Å². The molecule has 2 aromatic heterocycles. The molecule has 0 saturated heterocycles. The fraction of sp³-hybridized carbons (Fsp3) is 0.571. The molecule has 0 atom stereocenters. The van der Waals surface area contributed by atoms with Gasteiger partial charge in [-0.05, 0) is 37.7 Å². The van der Waals surface area contributed by atoms with E-state index >= 15 is 0 Å². The van der Waals surface area contributed by atoms with Gasteiger partial charge in [-0.1, -0.05) is 11.3 Å². The van der Waals surface area contributed by atoms with Gasteiger partial charge in [-0.2, -0.15) is 4.57 Å². The van der Waals surface area contributed by atoms with Gasteiger partial charge >= 0.3 is 5.56 Å². The lowest BCUT2D eigenvalue weighted by molar-refractivity contribution is -0.654. The second-order valence-electron chi connectivity index (χ2n) is 5.43. The van der Waals surface area contributed by atoms with Gasteiger partial charge in [0.15, 0.2) is 4.83 Å². The minimum absolute atomic E-state index is 0.273. The normalized spacial score (nSPS) is 18.1. The van der Waals surface area contributed by atoms with Gasteiger partial charge in [-0.15, -0.1) is 0 Å². The largest absolute Gasteiger partial charge is 0.346 e. The van der Waals surface area contributed by atoms with Crippen LogP contribution in [0.1, 0.15) is 35.5 Å². The predicted molar refractivity (Wildman–Crippen MR) is 72.2 cm³/mol. The molecule has 2 aromatic rings. The van der Waals surface area contributed by atoms with Crippen LogP contribution in [-0.2, 0) is 32.9 Å². The number of aryl methyl sites for hydroxylation is 3. The van der Waals surface area contributed by atoms with Crippen molar-refractivity contribution in [3.63, 3.8) is 0 Å². The highest BCUT2D eigenvalue weighted by Crippen LogP contribution is 2.33. The summed E-state index contributed by atoms with van der Waals surface area (Å²) in [6.45, 7) is 0.905. The Morgan fingerprint density at radius 1 is 1.17 bits per heavy atom. The molecule has 0 fully saturated rings. The molecule has 3 heterocycles. The Morgan fingerprint density at radius 3 is 2.89 bits per heavy atom. The molecule has 0 bridgehead atoms. The number of hydrogen-bond donors (Lipinski definition) is 0. The van der Waals surface area contributed by atoms with Crippen LogP contribution in [0.5, 0.6) is 0 Å². The summed E-state index contributed by atoms with van der Waals surface area (Å²) in [6.07, 6.45) is 6.95. The van der Waals surface area contributed by atoms with Crippen molar-refractivity contribution in [1.29, 1.82) is 0 Å². The average Bonchev–Trinajstić information content (AvgIpc) is 3.00. The highest BCUT2D eigenvalue weighted by Gasteiger charge is 2.30. The smallest absolute Gasteiger partial charge is 0.241 e. The maximum atomic E-state index is 12.7. The topological polar surface area (TPSA) is 25.9 Å². The van der Waals surface area contributed by atoms with E-state index < -0.39 is 0 Å². The molecule has 4 heteroatoms. The Bertz CT molecular complexity index is 711. The van der Waals surface area contributed by atoms with Gasteiger partial charge in [0.05, 0.1) is 20.0 Å². The molecule has 18 heavy (non-hydrogen) atoms. The Balaban J connectivity index is 2.17. The van der Waals surface area contributed by atoms with Gasteiger partial charge in [-0.3, -0.25) is 0 Å². The number of aromatic nitrogens is 2. The standard InChI is InChI=1S/C14H17N2OS/c1-15-11-7-4-8-16(11)13(17)12-9-5-2-3-6-10(9)18-14(12)15/h2-8H2,1H3/q+1. The summed E-state index contributed by atoms with van der Waals surface area (Å²) in [6, 6.07) is 0. The summed E-state index contributed by atoms with van der Waals surface area (Å²) >= 11 is 1.86. The van der Waals surface area contributed by atoms with Gasteiger partial charge in [0.25, 0.3) is 5.82 Å². The number of hydrogen-bond acceptors (Lipinski definition) is 2. The van der Waals surface area contributed by atoms with Gasteiger partial charge in [0.2, 0.25) is 0 Å². The van der Waals surface area contributed by atoms with Crippen LogP contribution in [0.4, 0.5) is 0 Å². The zero-order chi connectivity index (χ0) is 12.3. The van der Waals surface area contributed by atoms with Crippen LogP contribution in [0, 0.1) is 0 Å². The molecule has 1 aliphatic carbocycles. The van der Waals surface area contributed by atoms with E-state index in [1.165, 1.54) is 40.4 Å². The average molecular weight is 261 g/mol. The second-order valence-corrected chi connectivity index (χ2v) is 6.51. The highest BCUT2D eigenvalue weighted by molar-refractivity contribution is 7.18. The molecular weight excluding hydrogens is 244 g/mol. The van der Waals surface area contributed by atoms with E-state index in [0.29, 0.717) is 0 Å². The van der Waals surface area contributed by atoms with Gasteiger partial charge in [0, 0.05) is 4.88 Å². The minimum Gasteiger partial charge on any atom is -0.241 e. The van der Waals surface area contributed by atoms with Crippen LogP contribution in [0.15, 0.2) is 4.79 Å². The van der Waals surface area contributed by atoms with E-state index in [4.69, 9.17) is 0 Å². The summed E-state index contributed by atoms with van der Waals surface area (Å²) in [5.74, 6) is 1.21. The molecule has 0 spiro atoms. The highest BCUT2D eigenvalue weighted by atomic mass is 32.1. The molecule has 0 aromatic carbocycles. The molecule has 1 aliphatic heterocycles. The molecule has 3 nitrogen and oxygen atoms in total. The molecule has 94 valence electrons. The summed E-state index contributed by atoms with van der Waals surface area (Å²) in [7, 11) is 2.13. The molecule has 0 saturated carbocycles. The third-order valence-corrected chi connectivity index (χ3v) is 5.77. The van der Waals surface area contributed by atoms with E-state index in [1.54, 1.807) is 0 Å². The third kappa shape index (κ3) is 1.24. The van der Waals surface area contributed by atoms with Crippen molar-refractivity contribution in [3.05, 3.63) is 26.6 Å². The second kappa shape index (κ2) is 3.67. The molecule has 0 radical (unpaired) electrons. The van der Waals surface area contributed by atoms with Crippen molar-refractivity contribution in [2.75, 3.05) is 0 Å². The number of nitrogens with zero attached hydrogens (tertiary/aromatic N) is 2. The van der Waals surface area contributed by atoms with Crippen LogP contribution in [0.25, 0.3) is 10.2 Å². The Labute approximate surface area is 110 Å². The number of fused-ring (bicyclic) bond motifs is 4. The lowest BCUT2D eigenvalue weighted by atomic mass is 9.97. The SMILES string of the molecule is C[n+]1c2n(c(=O)c3c4c(sc31)CCCC4)CCC2. The van der Waals surface area contributed by atoms with Gasteiger partial charge < -0.3 is 0 Å². The fourth-order valence-electron chi connectivity index (χ4n) is 3.49. The zero-order valence-electron chi connectivity index (χ0n) is 10.7. The monoisotopic (exact) mass is 261 g/mol. The van der Waals surface area contributed by atoms with E-state index in [1.807, 2.05) is 15.9 Å². The fourth-order valence-corrected chi connectivity index (χ4v) is 4.85. The molecule has 0 N–H and O–H groups in total. The van der Waals surface area contributed by atoms with Gasteiger partial charge in [-0.25, -0.2) is 9.36 Å². The molecule has 0 unspecified atom stereocenters. The molecule has 2 aliphatic rings. The van der Waals surface area contributed by atoms with Crippen molar-refractivity contribution < 1.29 is 4.57 Å². The number of thiophene rings is 1. The maximum absolute atomic E-state index is 12.7. The van der Waals surface area contributed by atoms with Gasteiger partial charge in [0.1, 0.15) is 5.39 Å². The Kier molecular flexibility index (Phi) is 2.19. The molecular formula is C14H17N2OS+. The van der Waals surface area contributed by atoms with Crippen molar-refractivity contribution in [2.24, 2.45) is 7.05 Å². The zero-order valence-corrected chi connectivity index (χ0v) is 11.5. The summed E-state index contributed by atoms with van der Waals surface area (Å²) in [4.78, 5) is 15.3. The summed E-state index contributed by atoms with van der Waals surface area (Å²) in [5.41, 5.74) is 1.64. The first-order valence-corrected chi connectivity index (χ1v) is 7.65. The summed E-state index contributed by atoms with van der Waals surface area (Å²) < 4.78 is 4.27. The van der Waals surface area contributed by atoms with Crippen molar-refractivity contribution in [3.8, 4) is 0 Å². The lowest BCUT2D eigenvalue weighted by Gasteiger charge is -2.09.